The molecule has 30 heavy (non-hydrogen) atoms. The van der Waals surface area contributed by atoms with Gasteiger partial charge in [-0.1, -0.05) is 23.2 Å². The SMILES string of the molecule is CC(C)(C(=O)NC1C2CC3CC(C2)CC1C3)N1CCN(c2ccc(Cl)cc2Cl)CC1. The van der Waals surface area contributed by atoms with Crippen molar-refractivity contribution in [1.29, 1.82) is 0 Å². The first kappa shape index (κ1) is 20.9. The van der Waals surface area contributed by atoms with E-state index in [0.717, 1.165) is 43.7 Å². The monoisotopic (exact) mass is 449 g/mol. The van der Waals surface area contributed by atoms with Gasteiger partial charge in [-0.2, -0.15) is 0 Å². The van der Waals surface area contributed by atoms with Crippen molar-refractivity contribution in [3.05, 3.63) is 28.2 Å². The van der Waals surface area contributed by atoms with E-state index in [4.69, 9.17) is 23.2 Å². The summed E-state index contributed by atoms with van der Waals surface area (Å²) in [5.74, 6) is 3.50. The number of carbonyl (C=O) groups is 1. The molecule has 0 unspecified atom stereocenters. The van der Waals surface area contributed by atoms with Crippen molar-refractivity contribution in [3.8, 4) is 0 Å². The van der Waals surface area contributed by atoms with Crippen molar-refractivity contribution in [3.63, 3.8) is 0 Å². The second-order valence-corrected chi connectivity index (χ2v) is 11.4. The van der Waals surface area contributed by atoms with Crippen LogP contribution >= 0.6 is 23.2 Å². The van der Waals surface area contributed by atoms with Gasteiger partial charge in [0.05, 0.1) is 16.2 Å². The number of carbonyl (C=O) groups excluding carboxylic acids is 1. The molecule has 0 atom stereocenters. The number of anilines is 1. The van der Waals surface area contributed by atoms with E-state index in [9.17, 15) is 4.79 Å². The lowest BCUT2D eigenvalue weighted by Crippen LogP contribution is -2.64. The quantitative estimate of drug-likeness (QED) is 0.714. The first-order valence-electron chi connectivity index (χ1n) is 11.6. The topological polar surface area (TPSA) is 35.6 Å². The highest BCUT2D eigenvalue weighted by Crippen LogP contribution is 2.53. The minimum absolute atomic E-state index is 0.206. The molecule has 1 saturated heterocycles. The molecule has 1 N–H and O–H groups in total. The number of hydrogen-bond acceptors (Lipinski definition) is 3. The number of hydrogen-bond donors (Lipinski definition) is 1. The summed E-state index contributed by atoms with van der Waals surface area (Å²) >= 11 is 12.4. The Balaban J connectivity index is 1.21. The number of benzene rings is 1. The Kier molecular flexibility index (Phi) is 5.48. The summed E-state index contributed by atoms with van der Waals surface area (Å²) in [5, 5.41) is 4.87. The average molecular weight is 450 g/mol. The number of halogens is 2. The van der Waals surface area contributed by atoms with Crippen LogP contribution in [0.5, 0.6) is 0 Å². The number of piperazine rings is 1. The van der Waals surface area contributed by atoms with E-state index in [0.29, 0.717) is 27.9 Å². The highest BCUT2D eigenvalue weighted by atomic mass is 35.5. The smallest absolute Gasteiger partial charge is 0.240 e. The first-order valence-corrected chi connectivity index (χ1v) is 12.3. The third-order valence-electron chi connectivity index (χ3n) is 8.40. The highest BCUT2D eigenvalue weighted by Gasteiger charge is 2.49. The molecule has 0 radical (unpaired) electrons. The maximum Gasteiger partial charge on any atom is 0.240 e. The molecule has 5 fully saturated rings. The number of nitrogens with one attached hydrogen (secondary N) is 1. The lowest BCUT2D eigenvalue weighted by Gasteiger charge is -2.55. The van der Waals surface area contributed by atoms with Crippen LogP contribution in [0.4, 0.5) is 5.69 Å². The van der Waals surface area contributed by atoms with E-state index >= 15 is 0 Å². The van der Waals surface area contributed by atoms with Gasteiger partial charge >= 0.3 is 0 Å². The molecule has 5 aliphatic rings. The molecule has 1 aromatic rings. The van der Waals surface area contributed by atoms with Crippen LogP contribution in [-0.4, -0.2) is 48.6 Å². The normalized spacial score (nSPS) is 33.7. The number of amides is 1. The molecular weight excluding hydrogens is 417 g/mol. The summed E-state index contributed by atoms with van der Waals surface area (Å²) in [4.78, 5) is 18.0. The predicted molar refractivity (Wildman–Crippen MR) is 123 cm³/mol. The van der Waals surface area contributed by atoms with Crippen LogP contribution in [0.25, 0.3) is 0 Å². The third kappa shape index (κ3) is 3.73. The largest absolute Gasteiger partial charge is 0.368 e. The van der Waals surface area contributed by atoms with Crippen molar-refractivity contribution in [2.24, 2.45) is 23.7 Å². The Bertz CT molecular complexity index is 791. The zero-order chi connectivity index (χ0) is 21.0. The Morgan fingerprint density at radius 1 is 0.967 bits per heavy atom. The molecule has 1 heterocycles. The van der Waals surface area contributed by atoms with Crippen LogP contribution in [-0.2, 0) is 4.79 Å². The van der Waals surface area contributed by atoms with Crippen LogP contribution < -0.4 is 10.2 Å². The van der Waals surface area contributed by atoms with E-state index in [1.54, 1.807) is 6.07 Å². The van der Waals surface area contributed by atoms with E-state index < -0.39 is 5.54 Å². The maximum atomic E-state index is 13.4. The van der Waals surface area contributed by atoms with Gasteiger partial charge in [-0.05, 0) is 87.8 Å². The van der Waals surface area contributed by atoms with E-state index in [1.165, 1.54) is 32.1 Å². The summed E-state index contributed by atoms with van der Waals surface area (Å²) < 4.78 is 0. The highest BCUT2D eigenvalue weighted by molar-refractivity contribution is 6.36. The van der Waals surface area contributed by atoms with Crippen LogP contribution in [0, 0.1) is 23.7 Å². The van der Waals surface area contributed by atoms with Gasteiger partial charge in [0.2, 0.25) is 5.91 Å². The lowest BCUT2D eigenvalue weighted by atomic mass is 9.54. The van der Waals surface area contributed by atoms with Crippen LogP contribution in [0.2, 0.25) is 10.0 Å². The molecule has 4 nitrogen and oxygen atoms in total. The van der Waals surface area contributed by atoms with E-state index in [2.05, 4.69) is 29.0 Å². The summed E-state index contributed by atoms with van der Waals surface area (Å²) in [6.45, 7) is 7.58. The van der Waals surface area contributed by atoms with Crippen LogP contribution in [0.15, 0.2) is 18.2 Å². The van der Waals surface area contributed by atoms with Crippen molar-refractivity contribution in [2.45, 2.75) is 57.5 Å². The minimum atomic E-state index is -0.495. The van der Waals surface area contributed by atoms with Gasteiger partial charge in [0.15, 0.2) is 0 Å². The molecule has 164 valence electrons. The molecule has 6 rings (SSSR count). The van der Waals surface area contributed by atoms with Gasteiger partial charge in [0, 0.05) is 37.2 Å². The van der Waals surface area contributed by atoms with Crippen molar-refractivity contribution < 1.29 is 4.79 Å². The summed E-state index contributed by atoms with van der Waals surface area (Å²) in [5.41, 5.74) is 0.529. The average Bonchev–Trinajstić information content (AvgIpc) is 2.70. The zero-order valence-corrected chi connectivity index (χ0v) is 19.6. The van der Waals surface area contributed by atoms with Gasteiger partial charge in [-0.3, -0.25) is 9.69 Å². The second kappa shape index (κ2) is 7.86. The lowest BCUT2D eigenvalue weighted by molar-refractivity contribution is -0.136. The molecule has 0 aromatic heterocycles. The third-order valence-corrected chi connectivity index (χ3v) is 8.94. The molecule has 1 amide bonds. The Morgan fingerprint density at radius 2 is 1.57 bits per heavy atom. The molecule has 1 aromatic carbocycles. The summed E-state index contributed by atoms with van der Waals surface area (Å²) in [7, 11) is 0. The fourth-order valence-electron chi connectivity index (χ4n) is 6.88. The zero-order valence-electron chi connectivity index (χ0n) is 18.0. The van der Waals surface area contributed by atoms with E-state index in [-0.39, 0.29) is 5.91 Å². The van der Waals surface area contributed by atoms with Crippen molar-refractivity contribution in [1.82, 2.24) is 10.2 Å². The maximum absolute atomic E-state index is 13.4. The standard InChI is InChI=1S/C24H33Cl2N3O/c1-24(2,23(30)27-22-17-10-15-9-16(12-17)13-18(22)11-15)29-7-5-28(6-8-29)21-4-3-19(25)14-20(21)26/h3-4,14-18,22H,5-13H2,1-2H3,(H,27,30). The first-order chi connectivity index (χ1) is 14.3. The van der Waals surface area contributed by atoms with E-state index in [1.807, 2.05) is 12.1 Å². The van der Waals surface area contributed by atoms with Crippen molar-refractivity contribution in [2.75, 3.05) is 31.1 Å². The van der Waals surface area contributed by atoms with Crippen LogP contribution in [0.1, 0.15) is 46.0 Å². The number of rotatable bonds is 4. The Hall–Kier alpha value is -0.970. The Morgan fingerprint density at radius 3 is 2.13 bits per heavy atom. The second-order valence-electron chi connectivity index (χ2n) is 10.6. The molecule has 4 bridgehead atoms. The van der Waals surface area contributed by atoms with Gasteiger partial charge < -0.3 is 10.2 Å². The van der Waals surface area contributed by atoms with Crippen LogP contribution in [0.3, 0.4) is 0 Å². The predicted octanol–water partition coefficient (Wildman–Crippen LogP) is 4.83. The fraction of sp³-hybridized carbons (Fsp3) is 0.708. The molecule has 6 heteroatoms. The van der Waals surface area contributed by atoms with Gasteiger partial charge in [-0.25, -0.2) is 0 Å². The minimum Gasteiger partial charge on any atom is -0.368 e. The van der Waals surface area contributed by atoms with Gasteiger partial charge in [0.25, 0.3) is 0 Å². The Labute approximate surface area is 190 Å². The summed E-state index contributed by atoms with van der Waals surface area (Å²) in [6, 6.07) is 6.08. The molecule has 0 spiro atoms. The molecule has 1 aliphatic heterocycles. The van der Waals surface area contributed by atoms with Crippen molar-refractivity contribution >= 4 is 34.8 Å². The molecule has 4 aliphatic carbocycles. The summed E-state index contributed by atoms with van der Waals surface area (Å²) in [6.07, 6.45) is 6.77. The molecule has 4 saturated carbocycles. The van der Waals surface area contributed by atoms with Gasteiger partial charge in [-0.15, -0.1) is 0 Å². The van der Waals surface area contributed by atoms with Gasteiger partial charge in [0.1, 0.15) is 0 Å². The fourth-order valence-corrected chi connectivity index (χ4v) is 7.40. The molecular formula is C24H33Cl2N3O. The number of nitrogens with zero attached hydrogens (tertiary/aromatic N) is 2.